The molecule has 0 radical (unpaired) electrons. The van der Waals surface area contributed by atoms with Crippen molar-refractivity contribution in [3.63, 3.8) is 0 Å². The van der Waals surface area contributed by atoms with Crippen LogP contribution in [0.5, 0.6) is 5.75 Å². The van der Waals surface area contributed by atoms with Crippen LogP contribution in [-0.2, 0) is 0 Å². The lowest BCUT2D eigenvalue weighted by molar-refractivity contribution is 0.0944. The van der Waals surface area contributed by atoms with Crippen LogP contribution in [0.15, 0.2) is 18.2 Å². The molecule has 5 heteroatoms. The highest BCUT2D eigenvalue weighted by atomic mass is 79.9. The first-order chi connectivity index (χ1) is 8.04. The maximum absolute atomic E-state index is 13.3. The second kappa shape index (κ2) is 6.59. The molecule has 17 heavy (non-hydrogen) atoms. The predicted octanol–water partition coefficient (Wildman–Crippen LogP) is 2.68. The van der Waals surface area contributed by atoms with E-state index in [0.717, 1.165) is 17.8 Å². The van der Waals surface area contributed by atoms with E-state index in [9.17, 15) is 9.18 Å². The number of hydrogen-bond donors (Lipinski definition) is 2. The van der Waals surface area contributed by atoms with E-state index in [-0.39, 0.29) is 11.3 Å². The standard InChI is InChI=1S/C12H15BrFNO2/c1-8(4-5-13)7-15-12(17)10-3-2-9(16)6-11(10)14/h2-3,6,8,16H,4-5,7H2,1H3,(H,15,17). The normalized spacial score (nSPS) is 12.2. The molecule has 2 N–H and O–H groups in total. The smallest absolute Gasteiger partial charge is 0.254 e. The van der Waals surface area contributed by atoms with Crippen molar-refractivity contribution < 1.29 is 14.3 Å². The first kappa shape index (κ1) is 14.0. The molecule has 1 unspecified atom stereocenters. The Kier molecular flexibility index (Phi) is 5.41. The Labute approximate surface area is 108 Å². The fourth-order valence-electron chi connectivity index (χ4n) is 1.34. The van der Waals surface area contributed by atoms with Crippen LogP contribution in [0.4, 0.5) is 4.39 Å². The number of alkyl halides is 1. The molecule has 0 aliphatic rings. The highest BCUT2D eigenvalue weighted by Crippen LogP contribution is 2.15. The van der Waals surface area contributed by atoms with Crippen LogP contribution < -0.4 is 5.32 Å². The van der Waals surface area contributed by atoms with Gasteiger partial charge >= 0.3 is 0 Å². The number of aromatic hydroxyl groups is 1. The Hall–Kier alpha value is -1.10. The summed E-state index contributed by atoms with van der Waals surface area (Å²) in [6.07, 6.45) is 0.943. The fourth-order valence-corrected chi connectivity index (χ4v) is 2.12. The van der Waals surface area contributed by atoms with E-state index in [1.165, 1.54) is 12.1 Å². The molecular weight excluding hydrogens is 289 g/mol. The van der Waals surface area contributed by atoms with Gasteiger partial charge in [0.2, 0.25) is 0 Å². The Bertz CT molecular complexity index is 398. The molecule has 1 aromatic rings. The first-order valence-corrected chi connectivity index (χ1v) is 6.49. The Morgan fingerprint density at radius 3 is 2.88 bits per heavy atom. The summed E-state index contributed by atoms with van der Waals surface area (Å²) in [7, 11) is 0. The zero-order valence-corrected chi connectivity index (χ0v) is 11.1. The molecule has 0 saturated heterocycles. The molecular formula is C12H15BrFNO2. The van der Waals surface area contributed by atoms with Gasteiger partial charge < -0.3 is 10.4 Å². The van der Waals surface area contributed by atoms with Gasteiger partial charge in [0, 0.05) is 17.9 Å². The van der Waals surface area contributed by atoms with E-state index in [1.54, 1.807) is 0 Å². The summed E-state index contributed by atoms with van der Waals surface area (Å²) < 4.78 is 13.3. The third kappa shape index (κ3) is 4.34. The van der Waals surface area contributed by atoms with Crippen molar-refractivity contribution in [1.29, 1.82) is 0 Å². The molecule has 1 rings (SSSR count). The molecule has 0 spiro atoms. The lowest BCUT2D eigenvalue weighted by atomic mass is 10.1. The van der Waals surface area contributed by atoms with Crippen LogP contribution in [0, 0.1) is 11.7 Å². The number of carbonyl (C=O) groups is 1. The van der Waals surface area contributed by atoms with Gasteiger partial charge in [-0.2, -0.15) is 0 Å². The third-order valence-electron chi connectivity index (χ3n) is 2.41. The van der Waals surface area contributed by atoms with Crippen LogP contribution in [0.25, 0.3) is 0 Å². The number of nitrogens with one attached hydrogen (secondary N) is 1. The third-order valence-corrected chi connectivity index (χ3v) is 2.87. The minimum absolute atomic E-state index is 0.0474. The second-order valence-electron chi connectivity index (χ2n) is 3.96. The van der Waals surface area contributed by atoms with E-state index in [1.807, 2.05) is 6.92 Å². The number of rotatable bonds is 5. The number of halogens is 2. The number of benzene rings is 1. The van der Waals surface area contributed by atoms with E-state index < -0.39 is 11.7 Å². The van der Waals surface area contributed by atoms with E-state index in [0.29, 0.717) is 12.5 Å². The summed E-state index contributed by atoms with van der Waals surface area (Å²) in [6.45, 7) is 2.51. The Morgan fingerprint density at radius 2 is 2.29 bits per heavy atom. The molecule has 0 saturated carbocycles. The van der Waals surface area contributed by atoms with Crippen molar-refractivity contribution in [1.82, 2.24) is 5.32 Å². The first-order valence-electron chi connectivity index (χ1n) is 5.37. The largest absolute Gasteiger partial charge is 0.508 e. The predicted molar refractivity (Wildman–Crippen MR) is 68.0 cm³/mol. The number of phenols is 1. The van der Waals surface area contributed by atoms with Crippen molar-refractivity contribution in [3.8, 4) is 5.75 Å². The topological polar surface area (TPSA) is 49.3 Å². The van der Waals surface area contributed by atoms with Gasteiger partial charge in [0.25, 0.3) is 5.91 Å². The van der Waals surface area contributed by atoms with E-state index >= 15 is 0 Å². The van der Waals surface area contributed by atoms with Crippen LogP contribution in [0.1, 0.15) is 23.7 Å². The molecule has 1 aromatic carbocycles. The minimum atomic E-state index is -0.712. The van der Waals surface area contributed by atoms with Gasteiger partial charge in [0.15, 0.2) is 0 Å². The van der Waals surface area contributed by atoms with Crippen LogP contribution >= 0.6 is 15.9 Å². The summed E-state index contributed by atoms with van der Waals surface area (Å²) in [5, 5.41) is 12.6. The van der Waals surface area contributed by atoms with Crippen molar-refractivity contribution in [2.75, 3.05) is 11.9 Å². The zero-order valence-electron chi connectivity index (χ0n) is 9.54. The highest BCUT2D eigenvalue weighted by molar-refractivity contribution is 9.09. The lowest BCUT2D eigenvalue weighted by Crippen LogP contribution is -2.29. The summed E-state index contributed by atoms with van der Waals surface area (Å²) in [6, 6.07) is 3.49. The molecule has 0 heterocycles. The molecule has 0 aromatic heterocycles. The zero-order chi connectivity index (χ0) is 12.8. The van der Waals surface area contributed by atoms with Gasteiger partial charge in [-0.3, -0.25) is 4.79 Å². The molecule has 0 aliphatic carbocycles. The highest BCUT2D eigenvalue weighted by Gasteiger charge is 2.12. The summed E-state index contributed by atoms with van der Waals surface area (Å²) in [5.41, 5.74) is -0.0474. The minimum Gasteiger partial charge on any atom is -0.508 e. The molecule has 0 fully saturated rings. The van der Waals surface area contributed by atoms with Gasteiger partial charge in [-0.25, -0.2) is 4.39 Å². The van der Waals surface area contributed by atoms with Crippen molar-refractivity contribution in [2.24, 2.45) is 5.92 Å². The average Bonchev–Trinajstić information content (AvgIpc) is 2.26. The van der Waals surface area contributed by atoms with Gasteiger partial charge in [0.1, 0.15) is 11.6 Å². The SMILES string of the molecule is CC(CCBr)CNC(=O)c1ccc(O)cc1F. The summed E-state index contributed by atoms with van der Waals surface area (Å²) >= 11 is 3.32. The van der Waals surface area contributed by atoms with Crippen LogP contribution in [0.2, 0.25) is 0 Å². The van der Waals surface area contributed by atoms with E-state index in [4.69, 9.17) is 5.11 Å². The fraction of sp³-hybridized carbons (Fsp3) is 0.417. The summed E-state index contributed by atoms with van der Waals surface area (Å²) in [4.78, 5) is 11.6. The molecule has 1 amide bonds. The second-order valence-corrected chi connectivity index (χ2v) is 4.75. The molecule has 0 bridgehead atoms. The maximum atomic E-state index is 13.3. The Balaban J connectivity index is 2.58. The van der Waals surface area contributed by atoms with Crippen molar-refractivity contribution in [3.05, 3.63) is 29.6 Å². The van der Waals surface area contributed by atoms with Gasteiger partial charge in [-0.05, 0) is 24.5 Å². The number of hydrogen-bond acceptors (Lipinski definition) is 2. The van der Waals surface area contributed by atoms with Gasteiger partial charge in [-0.15, -0.1) is 0 Å². The monoisotopic (exact) mass is 303 g/mol. The van der Waals surface area contributed by atoms with Crippen LogP contribution in [-0.4, -0.2) is 22.9 Å². The average molecular weight is 304 g/mol. The van der Waals surface area contributed by atoms with Crippen molar-refractivity contribution in [2.45, 2.75) is 13.3 Å². The van der Waals surface area contributed by atoms with E-state index in [2.05, 4.69) is 21.2 Å². The van der Waals surface area contributed by atoms with Crippen LogP contribution in [0.3, 0.4) is 0 Å². The molecule has 0 aliphatic heterocycles. The molecule has 94 valence electrons. The number of amides is 1. The summed E-state index contributed by atoms with van der Waals surface area (Å²) in [5.74, 6) is -1.02. The quantitative estimate of drug-likeness (QED) is 0.822. The lowest BCUT2D eigenvalue weighted by Gasteiger charge is -2.11. The van der Waals surface area contributed by atoms with Gasteiger partial charge in [-0.1, -0.05) is 22.9 Å². The Morgan fingerprint density at radius 1 is 1.59 bits per heavy atom. The van der Waals surface area contributed by atoms with Gasteiger partial charge in [0.05, 0.1) is 5.56 Å². The van der Waals surface area contributed by atoms with Crippen molar-refractivity contribution >= 4 is 21.8 Å². The number of carbonyl (C=O) groups excluding carboxylic acids is 1. The maximum Gasteiger partial charge on any atom is 0.254 e. The number of phenolic OH excluding ortho intramolecular Hbond substituents is 1. The molecule has 3 nitrogen and oxygen atoms in total. The molecule has 1 atom stereocenters.